The van der Waals surface area contributed by atoms with E-state index in [1.54, 1.807) is 18.2 Å². The summed E-state index contributed by atoms with van der Waals surface area (Å²) in [5, 5.41) is 22.7. The Balaban J connectivity index is 1.67. The fourth-order valence-electron chi connectivity index (χ4n) is 3.46. The highest BCUT2D eigenvalue weighted by atomic mass is 16.6. The molecule has 0 spiro atoms. The highest BCUT2D eigenvalue weighted by Crippen LogP contribution is 2.30. The van der Waals surface area contributed by atoms with E-state index in [0.717, 1.165) is 4.90 Å². The first kappa shape index (κ1) is 24.0. The molecular formula is C25H19N3O8. The van der Waals surface area contributed by atoms with Crippen LogP contribution in [0.3, 0.4) is 0 Å². The van der Waals surface area contributed by atoms with Gasteiger partial charge >= 0.3 is 6.03 Å². The van der Waals surface area contributed by atoms with Crippen LogP contribution in [-0.2, 0) is 16.2 Å². The number of amides is 4. The molecule has 2 N–H and O–H groups in total. The van der Waals surface area contributed by atoms with Crippen LogP contribution in [0, 0.1) is 10.1 Å². The van der Waals surface area contributed by atoms with Crippen LogP contribution in [0.2, 0.25) is 0 Å². The molecule has 11 heteroatoms. The Bertz CT molecular complexity index is 1400. The average molecular weight is 489 g/mol. The van der Waals surface area contributed by atoms with Crippen molar-refractivity contribution in [1.29, 1.82) is 0 Å². The number of hydrogen-bond acceptors (Lipinski definition) is 8. The number of nitrogens with zero attached hydrogens (tertiary/aromatic N) is 2. The summed E-state index contributed by atoms with van der Waals surface area (Å²) in [5.41, 5.74) is 0.604. The van der Waals surface area contributed by atoms with Gasteiger partial charge in [0.05, 0.1) is 17.7 Å². The number of phenolic OH excluding ortho intramolecular Hbond substituents is 1. The molecule has 1 aliphatic heterocycles. The number of methoxy groups -OCH3 is 1. The number of nitro groups is 1. The second kappa shape index (κ2) is 9.97. The first-order valence-corrected chi connectivity index (χ1v) is 10.5. The number of rotatable bonds is 7. The third-order valence-electron chi connectivity index (χ3n) is 5.25. The zero-order valence-electron chi connectivity index (χ0n) is 18.8. The monoisotopic (exact) mass is 489 g/mol. The van der Waals surface area contributed by atoms with Crippen LogP contribution in [0.1, 0.15) is 11.1 Å². The van der Waals surface area contributed by atoms with Gasteiger partial charge in [0.15, 0.2) is 0 Å². The van der Waals surface area contributed by atoms with Crippen molar-refractivity contribution in [1.82, 2.24) is 5.32 Å². The molecule has 0 aromatic heterocycles. The number of carbonyl (C=O) groups is 3. The van der Waals surface area contributed by atoms with Gasteiger partial charge in [-0.15, -0.1) is 0 Å². The number of benzene rings is 3. The third-order valence-corrected chi connectivity index (χ3v) is 5.25. The van der Waals surface area contributed by atoms with Crippen LogP contribution in [0.15, 0.2) is 72.3 Å². The Kier molecular flexibility index (Phi) is 6.63. The van der Waals surface area contributed by atoms with Crippen molar-refractivity contribution in [3.05, 3.63) is 93.5 Å². The molecule has 3 aromatic rings. The van der Waals surface area contributed by atoms with Crippen molar-refractivity contribution in [2.45, 2.75) is 6.61 Å². The Labute approximate surface area is 204 Å². The van der Waals surface area contributed by atoms with Crippen molar-refractivity contribution >= 4 is 35.3 Å². The van der Waals surface area contributed by atoms with E-state index in [9.17, 15) is 29.6 Å². The van der Waals surface area contributed by atoms with Gasteiger partial charge in [0, 0.05) is 23.8 Å². The van der Waals surface area contributed by atoms with Gasteiger partial charge < -0.3 is 14.6 Å². The van der Waals surface area contributed by atoms with Gasteiger partial charge in [0.1, 0.15) is 29.4 Å². The minimum atomic E-state index is -0.926. The Morgan fingerprint density at radius 3 is 2.50 bits per heavy atom. The SMILES string of the molecule is COc1ccc(/C=C2\C(=O)NC(=O)N(c3ccc(O)cc3)C2=O)c(OCc2cccc([N+](=O)[O-])c2)c1. The summed E-state index contributed by atoms with van der Waals surface area (Å²) in [6.45, 7) is -0.0384. The molecule has 4 amide bonds. The zero-order chi connectivity index (χ0) is 25.8. The van der Waals surface area contributed by atoms with E-state index in [4.69, 9.17) is 9.47 Å². The number of carbonyl (C=O) groups excluding carboxylic acids is 3. The molecule has 11 nitrogen and oxygen atoms in total. The van der Waals surface area contributed by atoms with E-state index in [1.165, 1.54) is 61.7 Å². The fourth-order valence-corrected chi connectivity index (χ4v) is 3.46. The number of nitro benzene ring substituents is 1. The summed E-state index contributed by atoms with van der Waals surface area (Å²) in [6, 6.07) is 15.0. The molecule has 0 bridgehead atoms. The molecule has 0 atom stereocenters. The van der Waals surface area contributed by atoms with Crippen LogP contribution in [0.25, 0.3) is 6.08 Å². The molecule has 182 valence electrons. The van der Waals surface area contributed by atoms with Crippen LogP contribution >= 0.6 is 0 Å². The number of phenols is 1. The summed E-state index contributed by atoms with van der Waals surface area (Å²) in [5.74, 6) is -1.14. The molecule has 0 saturated carbocycles. The summed E-state index contributed by atoms with van der Waals surface area (Å²) >= 11 is 0. The van der Waals surface area contributed by atoms with Crippen molar-refractivity contribution in [2.75, 3.05) is 12.0 Å². The minimum Gasteiger partial charge on any atom is -0.508 e. The molecule has 36 heavy (non-hydrogen) atoms. The van der Waals surface area contributed by atoms with Gasteiger partial charge in [-0.1, -0.05) is 12.1 Å². The third kappa shape index (κ3) is 4.99. The lowest BCUT2D eigenvalue weighted by molar-refractivity contribution is -0.384. The largest absolute Gasteiger partial charge is 0.508 e. The van der Waals surface area contributed by atoms with Crippen LogP contribution in [0.4, 0.5) is 16.2 Å². The van der Waals surface area contributed by atoms with Crippen molar-refractivity contribution in [3.8, 4) is 17.2 Å². The number of anilines is 1. The van der Waals surface area contributed by atoms with E-state index < -0.39 is 22.8 Å². The van der Waals surface area contributed by atoms with E-state index in [2.05, 4.69) is 5.32 Å². The number of barbiturate groups is 1. The Morgan fingerprint density at radius 2 is 1.81 bits per heavy atom. The van der Waals surface area contributed by atoms with Gasteiger partial charge in [0.2, 0.25) is 0 Å². The van der Waals surface area contributed by atoms with Crippen molar-refractivity contribution in [2.24, 2.45) is 0 Å². The summed E-state index contributed by atoms with van der Waals surface area (Å²) < 4.78 is 11.1. The molecule has 1 heterocycles. The molecule has 0 radical (unpaired) electrons. The Hall–Kier alpha value is -5.19. The first-order valence-electron chi connectivity index (χ1n) is 10.5. The molecule has 3 aromatic carbocycles. The molecule has 4 rings (SSSR count). The number of non-ortho nitro benzene ring substituents is 1. The van der Waals surface area contributed by atoms with Gasteiger partial charge in [0.25, 0.3) is 17.5 Å². The van der Waals surface area contributed by atoms with Gasteiger partial charge in [-0.2, -0.15) is 0 Å². The molecule has 1 saturated heterocycles. The predicted octanol–water partition coefficient (Wildman–Crippen LogP) is 3.55. The number of urea groups is 1. The summed E-state index contributed by atoms with van der Waals surface area (Å²) in [6.07, 6.45) is 1.28. The minimum absolute atomic E-state index is 0.0384. The van der Waals surface area contributed by atoms with Gasteiger partial charge in [-0.3, -0.25) is 25.0 Å². The second-order valence-electron chi connectivity index (χ2n) is 7.59. The lowest BCUT2D eigenvalue weighted by atomic mass is 10.1. The van der Waals surface area contributed by atoms with E-state index in [-0.39, 0.29) is 35.1 Å². The normalized spacial score (nSPS) is 14.5. The first-order chi connectivity index (χ1) is 17.3. The summed E-state index contributed by atoms with van der Waals surface area (Å²) in [7, 11) is 1.46. The average Bonchev–Trinajstić information content (AvgIpc) is 2.86. The number of ether oxygens (including phenoxy) is 2. The zero-order valence-corrected chi connectivity index (χ0v) is 18.8. The van der Waals surface area contributed by atoms with E-state index in [1.807, 2.05) is 0 Å². The van der Waals surface area contributed by atoms with Gasteiger partial charge in [-0.25, -0.2) is 9.69 Å². The predicted molar refractivity (Wildman–Crippen MR) is 128 cm³/mol. The van der Waals surface area contributed by atoms with Crippen LogP contribution in [0.5, 0.6) is 17.2 Å². The van der Waals surface area contributed by atoms with Crippen molar-refractivity contribution in [3.63, 3.8) is 0 Å². The number of hydrogen-bond donors (Lipinski definition) is 2. The molecule has 0 unspecified atom stereocenters. The Morgan fingerprint density at radius 1 is 1.06 bits per heavy atom. The van der Waals surface area contributed by atoms with Gasteiger partial charge in [-0.05, 0) is 48.0 Å². The highest BCUT2D eigenvalue weighted by Gasteiger charge is 2.37. The highest BCUT2D eigenvalue weighted by molar-refractivity contribution is 6.39. The summed E-state index contributed by atoms with van der Waals surface area (Å²) in [4.78, 5) is 49.4. The number of imide groups is 2. The standard InChI is InChI=1S/C25H19N3O8/c1-35-20-10-5-16(22(13-20)36-14-15-3-2-4-18(11-15)28(33)34)12-21-23(30)26-25(32)27(24(21)31)17-6-8-19(29)9-7-17/h2-13,29H,14H2,1H3,(H,26,30,32)/b21-12+. The maximum absolute atomic E-state index is 13.1. The van der Waals surface area contributed by atoms with Crippen LogP contribution in [-0.4, -0.2) is 35.0 Å². The second-order valence-corrected chi connectivity index (χ2v) is 7.59. The molecular weight excluding hydrogens is 470 g/mol. The topological polar surface area (TPSA) is 148 Å². The smallest absolute Gasteiger partial charge is 0.335 e. The number of nitrogens with one attached hydrogen (secondary N) is 1. The van der Waals surface area contributed by atoms with Crippen LogP contribution < -0.4 is 19.7 Å². The lowest BCUT2D eigenvalue weighted by Crippen LogP contribution is -2.54. The van der Waals surface area contributed by atoms with E-state index >= 15 is 0 Å². The molecule has 1 fully saturated rings. The van der Waals surface area contributed by atoms with Crippen molar-refractivity contribution < 1.29 is 33.9 Å². The molecule has 1 aliphatic rings. The quantitative estimate of drug-likeness (QED) is 0.222. The fraction of sp³-hybridized carbons (Fsp3) is 0.0800. The number of aromatic hydroxyl groups is 1. The lowest BCUT2D eigenvalue weighted by Gasteiger charge is -2.26. The molecule has 0 aliphatic carbocycles. The maximum Gasteiger partial charge on any atom is 0.335 e. The maximum atomic E-state index is 13.1. The van der Waals surface area contributed by atoms with E-state index in [0.29, 0.717) is 16.9 Å².